The van der Waals surface area contributed by atoms with Gasteiger partial charge in [-0.1, -0.05) is 30.3 Å². The molecule has 3 rings (SSSR count). The molecule has 2 aromatic rings. The number of phenolic OH excluding ortho intramolecular Hbond substituents is 1. The summed E-state index contributed by atoms with van der Waals surface area (Å²) in [5.41, 5.74) is 2.86. The summed E-state index contributed by atoms with van der Waals surface area (Å²) in [5.74, 6) is -1.00. The van der Waals surface area contributed by atoms with Crippen molar-refractivity contribution in [1.82, 2.24) is 5.43 Å². The summed E-state index contributed by atoms with van der Waals surface area (Å²) in [6, 6.07) is 10.9. The zero-order chi connectivity index (χ0) is 16.4. The molecule has 0 radical (unpaired) electrons. The maximum Gasteiger partial charge on any atom is 0.244 e. The van der Waals surface area contributed by atoms with Crippen LogP contribution in [-0.2, 0) is 14.6 Å². The Morgan fingerprint density at radius 2 is 2.04 bits per heavy atom. The van der Waals surface area contributed by atoms with Crippen molar-refractivity contribution in [2.75, 3.05) is 11.5 Å². The zero-order valence-electron chi connectivity index (χ0n) is 12.3. The molecule has 1 atom stereocenters. The van der Waals surface area contributed by atoms with E-state index >= 15 is 0 Å². The van der Waals surface area contributed by atoms with E-state index in [1.165, 1.54) is 6.21 Å². The van der Waals surface area contributed by atoms with E-state index < -0.39 is 21.7 Å². The highest BCUT2D eigenvalue weighted by Crippen LogP contribution is 2.25. The van der Waals surface area contributed by atoms with Crippen LogP contribution in [0.3, 0.4) is 0 Å². The Labute approximate surface area is 133 Å². The van der Waals surface area contributed by atoms with Crippen molar-refractivity contribution >= 4 is 32.7 Å². The van der Waals surface area contributed by atoms with Crippen LogP contribution in [0.25, 0.3) is 10.8 Å². The van der Waals surface area contributed by atoms with Gasteiger partial charge in [0.05, 0.1) is 23.6 Å². The van der Waals surface area contributed by atoms with Crippen LogP contribution in [0.1, 0.15) is 12.0 Å². The SMILES string of the molecule is O=C(N/N=C/c1c(O)ccc2ccccc12)[C@@H]1CCS(=O)(=O)C1. The number of phenols is 1. The predicted molar refractivity (Wildman–Crippen MR) is 88.1 cm³/mol. The van der Waals surface area contributed by atoms with E-state index in [1.54, 1.807) is 12.1 Å². The molecule has 120 valence electrons. The van der Waals surface area contributed by atoms with Crippen molar-refractivity contribution in [2.45, 2.75) is 6.42 Å². The fourth-order valence-electron chi connectivity index (χ4n) is 2.67. The number of nitrogens with zero attached hydrogens (tertiary/aromatic N) is 1. The van der Waals surface area contributed by atoms with Gasteiger partial charge in [-0.3, -0.25) is 4.79 Å². The highest BCUT2D eigenvalue weighted by atomic mass is 32.2. The number of amides is 1. The standard InChI is InChI=1S/C16H16N2O4S/c19-15-6-5-11-3-1-2-4-13(11)14(15)9-17-18-16(20)12-7-8-23(21,22)10-12/h1-6,9,12,19H,7-8,10H2,(H,18,20)/b17-9+/t12-/m1/s1. The van der Waals surface area contributed by atoms with Gasteiger partial charge in [0.15, 0.2) is 9.84 Å². The van der Waals surface area contributed by atoms with Crippen LogP contribution in [0, 0.1) is 5.92 Å². The summed E-state index contributed by atoms with van der Waals surface area (Å²) in [6.45, 7) is 0. The van der Waals surface area contributed by atoms with Gasteiger partial charge in [-0.05, 0) is 23.3 Å². The van der Waals surface area contributed by atoms with Crippen molar-refractivity contribution < 1.29 is 18.3 Å². The van der Waals surface area contributed by atoms with Gasteiger partial charge in [-0.25, -0.2) is 13.8 Å². The van der Waals surface area contributed by atoms with E-state index in [1.807, 2.05) is 24.3 Å². The molecular formula is C16H16N2O4S. The second-order valence-corrected chi connectivity index (χ2v) is 7.78. The molecule has 7 heteroatoms. The molecule has 1 heterocycles. The monoisotopic (exact) mass is 332 g/mol. The van der Waals surface area contributed by atoms with Gasteiger partial charge in [0.1, 0.15) is 5.75 Å². The summed E-state index contributed by atoms with van der Waals surface area (Å²) < 4.78 is 22.8. The molecular weight excluding hydrogens is 316 g/mol. The average molecular weight is 332 g/mol. The molecule has 1 saturated heterocycles. The number of benzene rings is 2. The molecule has 6 nitrogen and oxygen atoms in total. The molecule has 1 aliphatic heterocycles. The van der Waals surface area contributed by atoms with Crippen molar-refractivity contribution in [1.29, 1.82) is 0 Å². The van der Waals surface area contributed by atoms with Crippen LogP contribution in [0.15, 0.2) is 41.5 Å². The summed E-state index contributed by atoms with van der Waals surface area (Å²) in [4.78, 5) is 11.9. The number of hydrogen-bond acceptors (Lipinski definition) is 5. The minimum Gasteiger partial charge on any atom is -0.507 e. The maximum absolute atomic E-state index is 11.9. The lowest BCUT2D eigenvalue weighted by Gasteiger charge is -2.06. The highest BCUT2D eigenvalue weighted by molar-refractivity contribution is 7.91. The van der Waals surface area contributed by atoms with Crippen LogP contribution in [-0.4, -0.2) is 37.2 Å². The van der Waals surface area contributed by atoms with Gasteiger partial charge in [0, 0.05) is 5.56 Å². The highest BCUT2D eigenvalue weighted by Gasteiger charge is 2.32. The Morgan fingerprint density at radius 1 is 1.26 bits per heavy atom. The molecule has 0 aromatic heterocycles. The number of aromatic hydroxyl groups is 1. The van der Waals surface area contributed by atoms with E-state index in [9.17, 15) is 18.3 Å². The number of carbonyl (C=O) groups excluding carboxylic acids is 1. The number of carbonyl (C=O) groups is 1. The number of nitrogens with one attached hydrogen (secondary N) is 1. The molecule has 0 bridgehead atoms. The zero-order valence-corrected chi connectivity index (χ0v) is 13.1. The van der Waals surface area contributed by atoms with Gasteiger partial charge in [0.2, 0.25) is 5.91 Å². The van der Waals surface area contributed by atoms with Crippen LogP contribution >= 0.6 is 0 Å². The second-order valence-electron chi connectivity index (χ2n) is 5.55. The van der Waals surface area contributed by atoms with Crippen molar-refractivity contribution in [2.24, 2.45) is 11.0 Å². The Morgan fingerprint density at radius 3 is 2.78 bits per heavy atom. The smallest absolute Gasteiger partial charge is 0.244 e. The maximum atomic E-state index is 11.9. The van der Waals surface area contributed by atoms with Gasteiger partial charge >= 0.3 is 0 Å². The fourth-order valence-corrected chi connectivity index (χ4v) is 4.41. The molecule has 1 amide bonds. The molecule has 1 fully saturated rings. The first-order chi connectivity index (χ1) is 11.0. The molecule has 2 aromatic carbocycles. The third-order valence-electron chi connectivity index (χ3n) is 3.92. The van der Waals surface area contributed by atoms with Crippen molar-refractivity contribution in [3.8, 4) is 5.75 Å². The Balaban J connectivity index is 1.76. The summed E-state index contributed by atoms with van der Waals surface area (Å²) in [7, 11) is -3.11. The van der Waals surface area contributed by atoms with Crippen molar-refractivity contribution in [3.05, 3.63) is 42.0 Å². The Kier molecular flexibility index (Phi) is 4.04. The lowest BCUT2D eigenvalue weighted by molar-refractivity contribution is -0.124. The number of rotatable bonds is 3. The number of fused-ring (bicyclic) bond motifs is 1. The lowest BCUT2D eigenvalue weighted by atomic mass is 10.0. The second kappa shape index (κ2) is 6.00. The number of hydrazone groups is 1. The van der Waals surface area contributed by atoms with E-state index in [2.05, 4.69) is 10.5 Å². The molecule has 0 saturated carbocycles. The summed E-state index contributed by atoms with van der Waals surface area (Å²) in [6.07, 6.45) is 1.70. The molecule has 2 N–H and O–H groups in total. The average Bonchev–Trinajstić information content (AvgIpc) is 2.89. The Bertz CT molecular complexity index is 890. The third-order valence-corrected chi connectivity index (χ3v) is 5.69. The van der Waals surface area contributed by atoms with Gasteiger partial charge in [-0.2, -0.15) is 5.10 Å². The van der Waals surface area contributed by atoms with E-state index in [4.69, 9.17) is 0 Å². The van der Waals surface area contributed by atoms with E-state index in [-0.39, 0.29) is 17.3 Å². The van der Waals surface area contributed by atoms with Gasteiger partial charge in [-0.15, -0.1) is 0 Å². The number of hydrogen-bond donors (Lipinski definition) is 2. The van der Waals surface area contributed by atoms with E-state index in [0.717, 1.165) is 10.8 Å². The normalized spacial score (nSPS) is 20.1. The lowest BCUT2D eigenvalue weighted by Crippen LogP contribution is -2.27. The molecule has 0 aliphatic carbocycles. The van der Waals surface area contributed by atoms with Gasteiger partial charge in [0.25, 0.3) is 0 Å². The summed E-state index contributed by atoms with van der Waals surface area (Å²) >= 11 is 0. The van der Waals surface area contributed by atoms with Gasteiger partial charge < -0.3 is 5.11 Å². The first-order valence-corrected chi connectivity index (χ1v) is 9.02. The molecule has 0 unspecified atom stereocenters. The van der Waals surface area contributed by atoms with Crippen LogP contribution in [0.5, 0.6) is 5.75 Å². The minimum atomic E-state index is -3.11. The van der Waals surface area contributed by atoms with Crippen molar-refractivity contribution in [3.63, 3.8) is 0 Å². The largest absolute Gasteiger partial charge is 0.507 e. The molecule has 23 heavy (non-hydrogen) atoms. The van der Waals surface area contributed by atoms with E-state index in [0.29, 0.717) is 12.0 Å². The Hall–Kier alpha value is -2.41. The first kappa shape index (κ1) is 15.5. The van der Waals surface area contributed by atoms with Crippen LogP contribution < -0.4 is 5.43 Å². The number of sulfone groups is 1. The topological polar surface area (TPSA) is 95.8 Å². The molecule has 0 spiro atoms. The fraction of sp³-hybridized carbons (Fsp3) is 0.250. The first-order valence-electron chi connectivity index (χ1n) is 7.20. The van der Waals surface area contributed by atoms with Crippen LogP contribution in [0.4, 0.5) is 0 Å². The summed E-state index contributed by atoms with van der Waals surface area (Å²) in [5, 5.41) is 15.6. The quantitative estimate of drug-likeness (QED) is 0.656. The molecule has 1 aliphatic rings. The predicted octanol–water partition coefficient (Wildman–Crippen LogP) is 1.43. The van der Waals surface area contributed by atoms with Crippen LogP contribution in [0.2, 0.25) is 0 Å². The third kappa shape index (κ3) is 3.34. The minimum absolute atomic E-state index is 0.0406.